The van der Waals surface area contributed by atoms with E-state index < -0.39 is 0 Å². The minimum Gasteiger partial charge on any atom is -0.373 e. The van der Waals surface area contributed by atoms with Crippen LogP contribution in [-0.2, 0) is 4.74 Å². The van der Waals surface area contributed by atoms with E-state index in [0.717, 1.165) is 18.7 Å². The van der Waals surface area contributed by atoms with E-state index >= 15 is 0 Å². The van der Waals surface area contributed by atoms with Crippen LogP contribution in [0.25, 0.3) is 0 Å². The third kappa shape index (κ3) is 3.38. The summed E-state index contributed by atoms with van der Waals surface area (Å²) in [6, 6.07) is 9.47. The first-order valence-corrected chi connectivity index (χ1v) is 6.11. The molecule has 1 aliphatic heterocycles. The maximum atomic E-state index is 12.0. The van der Waals surface area contributed by atoms with Gasteiger partial charge in [0.05, 0.1) is 18.8 Å². The summed E-state index contributed by atoms with van der Waals surface area (Å²) in [5.74, 6) is 0.187. The Bertz CT molecular complexity index is 367. The molecule has 2 unspecified atom stereocenters. The van der Waals surface area contributed by atoms with Gasteiger partial charge in [-0.2, -0.15) is 0 Å². The van der Waals surface area contributed by atoms with E-state index in [0.29, 0.717) is 6.54 Å². The molecule has 1 aromatic rings. The van der Waals surface area contributed by atoms with Gasteiger partial charge in [-0.1, -0.05) is 30.3 Å². The molecule has 0 amide bonds. The Morgan fingerprint density at radius 3 is 2.41 bits per heavy atom. The molecule has 0 aliphatic carbocycles. The third-order valence-electron chi connectivity index (χ3n) is 2.96. The number of Topliss-reactive ketones (excluding diaryl/α,β-unsaturated/α-hetero) is 1. The van der Waals surface area contributed by atoms with E-state index in [1.165, 1.54) is 0 Å². The number of hydrogen-bond donors (Lipinski definition) is 0. The molecule has 92 valence electrons. The number of hydrogen-bond acceptors (Lipinski definition) is 3. The molecule has 0 radical (unpaired) electrons. The molecule has 0 spiro atoms. The smallest absolute Gasteiger partial charge is 0.176 e. The molecule has 3 nitrogen and oxygen atoms in total. The SMILES string of the molecule is CC1CN(CC(=O)c2ccccc2)CC(C)O1. The van der Waals surface area contributed by atoms with Gasteiger partial charge in [-0.15, -0.1) is 0 Å². The highest BCUT2D eigenvalue weighted by Gasteiger charge is 2.23. The Labute approximate surface area is 102 Å². The molecule has 1 aliphatic rings. The lowest BCUT2D eigenvalue weighted by molar-refractivity contribution is -0.0652. The summed E-state index contributed by atoms with van der Waals surface area (Å²) >= 11 is 0. The molecular weight excluding hydrogens is 214 g/mol. The van der Waals surface area contributed by atoms with Gasteiger partial charge in [-0.3, -0.25) is 9.69 Å². The molecular formula is C14H19NO2. The largest absolute Gasteiger partial charge is 0.373 e. The summed E-state index contributed by atoms with van der Waals surface area (Å²) in [6.45, 7) is 6.26. The number of nitrogens with zero attached hydrogens (tertiary/aromatic N) is 1. The summed E-state index contributed by atoms with van der Waals surface area (Å²) in [6.07, 6.45) is 0.421. The number of morpholine rings is 1. The Kier molecular flexibility index (Phi) is 3.92. The van der Waals surface area contributed by atoms with E-state index in [2.05, 4.69) is 18.7 Å². The lowest BCUT2D eigenvalue weighted by Gasteiger charge is -2.34. The normalized spacial score (nSPS) is 25.8. The van der Waals surface area contributed by atoms with Crippen LogP contribution in [0.3, 0.4) is 0 Å². The van der Waals surface area contributed by atoms with Crippen molar-refractivity contribution >= 4 is 5.78 Å². The molecule has 1 heterocycles. The second-order valence-corrected chi connectivity index (χ2v) is 4.74. The van der Waals surface area contributed by atoms with Crippen LogP contribution in [0.2, 0.25) is 0 Å². The van der Waals surface area contributed by atoms with Crippen LogP contribution in [0.4, 0.5) is 0 Å². The topological polar surface area (TPSA) is 29.5 Å². The monoisotopic (exact) mass is 233 g/mol. The number of ether oxygens (including phenoxy) is 1. The minimum absolute atomic E-state index is 0.187. The molecule has 3 heteroatoms. The zero-order chi connectivity index (χ0) is 12.3. The molecule has 0 N–H and O–H groups in total. The van der Waals surface area contributed by atoms with Crippen molar-refractivity contribution in [3.05, 3.63) is 35.9 Å². The van der Waals surface area contributed by atoms with Crippen molar-refractivity contribution in [3.8, 4) is 0 Å². The number of carbonyl (C=O) groups excluding carboxylic acids is 1. The molecule has 2 atom stereocenters. The number of benzene rings is 1. The summed E-state index contributed by atoms with van der Waals surface area (Å²) in [7, 11) is 0. The maximum absolute atomic E-state index is 12.0. The van der Waals surface area contributed by atoms with E-state index in [-0.39, 0.29) is 18.0 Å². The molecule has 1 aromatic carbocycles. The minimum atomic E-state index is 0.187. The average molecular weight is 233 g/mol. The fourth-order valence-corrected chi connectivity index (χ4v) is 2.33. The second kappa shape index (κ2) is 5.43. The van der Waals surface area contributed by atoms with Gasteiger partial charge >= 0.3 is 0 Å². The molecule has 0 aromatic heterocycles. The van der Waals surface area contributed by atoms with Crippen LogP contribution in [-0.4, -0.2) is 42.5 Å². The Morgan fingerprint density at radius 2 is 1.82 bits per heavy atom. The van der Waals surface area contributed by atoms with Crippen molar-refractivity contribution in [2.24, 2.45) is 0 Å². The fraction of sp³-hybridized carbons (Fsp3) is 0.500. The predicted molar refractivity (Wildman–Crippen MR) is 67.2 cm³/mol. The van der Waals surface area contributed by atoms with E-state index in [1.54, 1.807) is 0 Å². The fourth-order valence-electron chi connectivity index (χ4n) is 2.33. The van der Waals surface area contributed by atoms with Crippen molar-refractivity contribution in [1.29, 1.82) is 0 Å². The zero-order valence-corrected chi connectivity index (χ0v) is 10.4. The van der Waals surface area contributed by atoms with E-state index in [1.807, 2.05) is 30.3 Å². The summed E-state index contributed by atoms with van der Waals surface area (Å²) < 4.78 is 5.65. The van der Waals surface area contributed by atoms with Crippen molar-refractivity contribution in [2.45, 2.75) is 26.1 Å². The molecule has 0 saturated carbocycles. The molecule has 0 bridgehead atoms. The first-order chi connectivity index (χ1) is 8.15. The van der Waals surface area contributed by atoms with Gasteiger partial charge in [-0.05, 0) is 13.8 Å². The summed E-state index contributed by atoms with van der Waals surface area (Å²) in [5.41, 5.74) is 0.791. The van der Waals surface area contributed by atoms with Crippen LogP contribution < -0.4 is 0 Å². The van der Waals surface area contributed by atoms with Gasteiger partial charge in [0.15, 0.2) is 5.78 Å². The quantitative estimate of drug-likeness (QED) is 0.748. The van der Waals surface area contributed by atoms with Crippen LogP contribution in [0, 0.1) is 0 Å². The van der Waals surface area contributed by atoms with Gasteiger partial charge in [0.1, 0.15) is 0 Å². The standard InChI is InChI=1S/C14H19NO2/c1-11-8-15(9-12(2)17-11)10-14(16)13-6-4-3-5-7-13/h3-7,11-12H,8-10H2,1-2H3. The predicted octanol–water partition coefficient (Wildman–Crippen LogP) is 1.98. The first-order valence-electron chi connectivity index (χ1n) is 6.11. The highest BCUT2D eigenvalue weighted by atomic mass is 16.5. The second-order valence-electron chi connectivity index (χ2n) is 4.74. The zero-order valence-electron chi connectivity index (χ0n) is 10.4. The first kappa shape index (κ1) is 12.3. The van der Waals surface area contributed by atoms with Gasteiger partial charge in [-0.25, -0.2) is 0 Å². The van der Waals surface area contributed by atoms with Crippen molar-refractivity contribution in [2.75, 3.05) is 19.6 Å². The lowest BCUT2D eigenvalue weighted by atomic mass is 10.1. The van der Waals surface area contributed by atoms with E-state index in [4.69, 9.17) is 4.74 Å². The Hall–Kier alpha value is -1.19. The molecule has 2 rings (SSSR count). The van der Waals surface area contributed by atoms with Gasteiger partial charge < -0.3 is 4.74 Å². The Balaban J connectivity index is 1.95. The third-order valence-corrected chi connectivity index (χ3v) is 2.96. The maximum Gasteiger partial charge on any atom is 0.176 e. The molecule has 1 fully saturated rings. The van der Waals surface area contributed by atoms with Gasteiger partial charge in [0, 0.05) is 18.7 Å². The highest BCUT2D eigenvalue weighted by molar-refractivity contribution is 5.97. The van der Waals surface area contributed by atoms with Crippen molar-refractivity contribution < 1.29 is 9.53 Å². The summed E-state index contributed by atoms with van der Waals surface area (Å²) in [5, 5.41) is 0. The van der Waals surface area contributed by atoms with Crippen LogP contribution >= 0.6 is 0 Å². The average Bonchev–Trinajstić information content (AvgIpc) is 2.28. The van der Waals surface area contributed by atoms with Crippen LogP contribution in [0.5, 0.6) is 0 Å². The highest BCUT2D eigenvalue weighted by Crippen LogP contribution is 2.11. The lowest BCUT2D eigenvalue weighted by Crippen LogP contribution is -2.47. The number of rotatable bonds is 3. The number of ketones is 1. The van der Waals surface area contributed by atoms with E-state index in [9.17, 15) is 4.79 Å². The van der Waals surface area contributed by atoms with Crippen LogP contribution in [0.15, 0.2) is 30.3 Å². The van der Waals surface area contributed by atoms with Crippen molar-refractivity contribution in [3.63, 3.8) is 0 Å². The van der Waals surface area contributed by atoms with Crippen molar-refractivity contribution in [1.82, 2.24) is 4.90 Å². The summed E-state index contributed by atoms with van der Waals surface area (Å²) in [4.78, 5) is 14.2. The van der Waals surface area contributed by atoms with Crippen LogP contribution in [0.1, 0.15) is 24.2 Å². The Morgan fingerprint density at radius 1 is 1.24 bits per heavy atom. The molecule has 1 saturated heterocycles. The number of carbonyl (C=O) groups is 1. The van der Waals surface area contributed by atoms with Gasteiger partial charge in [0.2, 0.25) is 0 Å². The molecule has 17 heavy (non-hydrogen) atoms. The van der Waals surface area contributed by atoms with Gasteiger partial charge in [0.25, 0.3) is 0 Å².